The van der Waals surface area contributed by atoms with Crippen LogP contribution in [0.1, 0.15) is 111 Å². The SMILES string of the molecule is CC[C@H](C)[C@H](NC(=O)CNC(=O)[C@@H](NC(=O)[C@H](CC(C)C)NC(=O)[C@H](CC(=O)O)NC(=O)[C@H](Cc1c[nH]c2ccccc12)NC(=O)[C@@H](N)CCC(=O)O)C(C)C)C(=O)N1CCC[C@H]1C(=O)NCC(=O)N[C@@H](CCCCN)C(=O)O. The van der Waals surface area contributed by atoms with Crippen LogP contribution >= 0.6 is 0 Å². The molecule has 9 atom stereocenters. The number of nitrogens with two attached hydrogens (primary N) is 2. The number of benzene rings is 1. The second-order valence-electron chi connectivity index (χ2n) is 20.5. The van der Waals surface area contributed by atoms with Crippen LogP contribution in [0.3, 0.4) is 0 Å². The predicted molar refractivity (Wildman–Crippen MR) is 286 cm³/mol. The molecule has 1 aromatic heterocycles. The second-order valence-corrected chi connectivity index (χ2v) is 20.5. The number of para-hydroxylation sites is 1. The number of rotatable bonds is 34. The Morgan fingerprint density at radius 2 is 1.32 bits per heavy atom. The van der Waals surface area contributed by atoms with Gasteiger partial charge in [-0.25, -0.2) is 4.79 Å². The number of carboxylic acid groups (broad SMARTS) is 3. The zero-order valence-corrected chi connectivity index (χ0v) is 45.7. The third kappa shape index (κ3) is 21.2. The Balaban J connectivity index is 1.72. The van der Waals surface area contributed by atoms with Gasteiger partial charge in [-0.1, -0.05) is 66.2 Å². The fraction of sp³-hybridized carbons (Fsp3) is 0.615. The number of likely N-dealkylation sites (tertiary alicyclic amines) is 1. The van der Waals surface area contributed by atoms with E-state index in [-0.39, 0.29) is 44.6 Å². The van der Waals surface area contributed by atoms with Crippen molar-refractivity contribution in [1.82, 2.24) is 52.4 Å². The number of nitrogens with one attached hydrogen (secondary N) is 9. The number of carbonyl (C=O) groups excluding carboxylic acids is 9. The number of hydrogen-bond acceptors (Lipinski definition) is 14. The zero-order chi connectivity index (χ0) is 59.1. The Bertz CT molecular complexity index is 2480. The molecule has 16 N–H and O–H groups in total. The lowest BCUT2D eigenvalue weighted by Gasteiger charge is -2.31. The quantitative estimate of drug-likeness (QED) is 0.0354. The fourth-order valence-corrected chi connectivity index (χ4v) is 8.79. The van der Waals surface area contributed by atoms with Gasteiger partial charge in [0.2, 0.25) is 53.2 Å². The van der Waals surface area contributed by atoms with Crippen LogP contribution in [0.4, 0.5) is 0 Å². The third-order valence-corrected chi connectivity index (χ3v) is 13.4. The monoisotopic (exact) mass is 1110 g/mol. The predicted octanol–water partition coefficient (Wildman–Crippen LogP) is -1.53. The molecule has 0 radical (unpaired) electrons. The van der Waals surface area contributed by atoms with Gasteiger partial charge in [-0.05, 0) is 80.9 Å². The van der Waals surface area contributed by atoms with Gasteiger partial charge in [-0.2, -0.15) is 0 Å². The minimum Gasteiger partial charge on any atom is -0.481 e. The Kier molecular flexibility index (Phi) is 26.8. The molecule has 1 saturated heterocycles. The molecule has 0 bridgehead atoms. The number of aromatic nitrogens is 1. The van der Waals surface area contributed by atoms with Crippen LogP contribution in [-0.2, 0) is 64.0 Å². The van der Waals surface area contributed by atoms with E-state index in [0.29, 0.717) is 48.7 Å². The summed E-state index contributed by atoms with van der Waals surface area (Å²) in [7, 11) is 0. The Morgan fingerprint density at radius 3 is 1.94 bits per heavy atom. The molecule has 0 spiro atoms. The van der Waals surface area contributed by atoms with Gasteiger partial charge in [0.05, 0.1) is 25.6 Å². The van der Waals surface area contributed by atoms with E-state index in [1.807, 2.05) is 0 Å². The van der Waals surface area contributed by atoms with Crippen molar-refractivity contribution in [3.05, 3.63) is 36.0 Å². The van der Waals surface area contributed by atoms with Crippen molar-refractivity contribution in [2.75, 3.05) is 26.2 Å². The standard InChI is InChI=1S/C52H80N12O15/c1-7-29(6)44(51(77)64-20-12-16-38(64)49(75)56-25-39(65)58-34(52(78)79)15-10-11-19-53)62-40(66)26-57-50(76)43(28(4)5)63-48(74)35(21-27(2)3)60-47(73)37(23-42(69)70)61-46(72)36(59-45(71)32(54)17-18-41(67)68)22-30-24-55-33-14-9-8-13-31(30)33/h8-9,13-14,24,27-29,32,34-38,43-44,55H,7,10-12,15-23,25-26,53-54H2,1-6H3,(H,56,75)(H,57,76)(H,58,65)(H,59,71)(H,60,73)(H,61,72)(H,62,66)(H,63,74)(H,67,68)(H,69,70)(H,78,79)/t29-,32-,34-,35-,36-,37-,38-,43-,44-/m0/s1. The van der Waals surface area contributed by atoms with E-state index in [0.717, 1.165) is 0 Å². The number of aliphatic carboxylic acids is 3. The number of hydrogen-bond donors (Lipinski definition) is 14. The second kappa shape index (κ2) is 32.3. The summed E-state index contributed by atoms with van der Waals surface area (Å²) in [5.41, 5.74) is 12.7. The fourth-order valence-electron chi connectivity index (χ4n) is 8.79. The first-order valence-electron chi connectivity index (χ1n) is 26.6. The minimum atomic E-state index is -1.81. The first kappa shape index (κ1) is 65.6. The normalized spacial score (nSPS) is 16.2. The van der Waals surface area contributed by atoms with E-state index in [9.17, 15) is 67.7 Å². The number of carboxylic acids is 3. The van der Waals surface area contributed by atoms with Gasteiger partial charge in [0.1, 0.15) is 42.3 Å². The lowest BCUT2D eigenvalue weighted by molar-refractivity contribution is -0.143. The molecule has 438 valence electrons. The molecule has 1 aromatic carbocycles. The molecule has 9 amide bonds. The number of amides is 9. The molecule has 2 aromatic rings. The van der Waals surface area contributed by atoms with Crippen molar-refractivity contribution in [2.45, 2.75) is 161 Å². The highest BCUT2D eigenvalue weighted by atomic mass is 16.4. The molecule has 0 saturated carbocycles. The maximum atomic E-state index is 14.1. The summed E-state index contributed by atoms with van der Waals surface area (Å²) in [5.74, 6) is -12.7. The molecular weight excluding hydrogens is 1030 g/mol. The van der Waals surface area contributed by atoms with Gasteiger partial charge in [0.15, 0.2) is 0 Å². The van der Waals surface area contributed by atoms with E-state index in [1.54, 1.807) is 72.0 Å². The van der Waals surface area contributed by atoms with Crippen LogP contribution in [-0.4, -0.2) is 171 Å². The first-order chi connectivity index (χ1) is 37.3. The van der Waals surface area contributed by atoms with Gasteiger partial charge >= 0.3 is 17.9 Å². The zero-order valence-electron chi connectivity index (χ0n) is 45.7. The van der Waals surface area contributed by atoms with Crippen molar-refractivity contribution in [3.63, 3.8) is 0 Å². The van der Waals surface area contributed by atoms with E-state index >= 15 is 0 Å². The van der Waals surface area contributed by atoms with E-state index in [4.69, 9.17) is 16.6 Å². The third-order valence-electron chi connectivity index (χ3n) is 13.4. The summed E-state index contributed by atoms with van der Waals surface area (Å²) in [6, 6.07) is -3.59. The van der Waals surface area contributed by atoms with Crippen molar-refractivity contribution in [3.8, 4) is 0 Å². The van der Waals surface area contributed by atoms with Gasteiger partial charge < -0.3 is 79.2 Å². The minimum absolute atomic E-state index is 0.0310. The maximum absolute atomic E-state index is 14.1. The summed E-state index contributed by atoms with van der Waals surface area (Å²) < 4.78 is 0. The summed E-state index contributed by atoms with van der Waals surface area (Å²) in [6.45, 7) is 9.50. The van der Waals surface area contributed by atoms with Crippen LogP contribution in [0, 0.1) is 17.8 Å². The smallest absolute Gasteiger partial charge is 0.326 e. The average Bonchev–Trinajstić information content (AvgIpc) is 4.08. The first-order valence-corrected chi connectivity index (χ1v) is 26.6. The van der Waals surface area contributed by atoms with Crippen LogP contribution in [0.2, 0.25) is 0 Å². The molecule has 0 aliphatic carbocycles. The average molecular weight is 1110 g/mol. The van der Waals surface area contributed by atoms with Crippen molar-refractivity contribution < 1.29 is 72.9 Å². The Morgan fingerprint density at radius 1 is 0.696 bits per heavy atom. The Labute approximate surface area is 458 Å². The van der Waals surface area contributed by atoms with Crippen LogP contribution < -0.4 is 54.0 Å². The number of unbranched alkanes of at least 4 members (excludes halogenated alkanes) is 1. The highest BCUT2D eigenvalue weighted by Gasteiger charge is 2.40. The summed E-state index contributed by atoms with van der Waals surface area (Å²) >= 11 is 0. The lowest BCUT2D eigenvalue weighted by Crippen LogP contribution is -2.60. The Hall–Kier alpha value is -7.68. The molecule has 1 fully saturated rings. The molecule has 1 aliphatic rings. The number of carbonyl (C=O) groups is 12. The summed E-state index contributed by atoms with van der Waals surface area (Å²) in [4.78, 5) is 162. The van der Waals surface area contributed by atoms with E-state index < -0.39 is 157 Å². The highest BCUT2D eigenvalue weighted by Crippen LogP contribution is 2.22. The van der Waals surface area contributed by atoms with Crippen LogP contribution in [0.25, 0.3) is 10.9 Å². The molecule has 79 heavy (non-hydrogen) atoms. The number of aromatic amines is 1. The topological polar surface area (TPSA) is 433 Å². The van der Waals surface area contributed by atoms with Crippen molar-refractivity contribution in [1.29, 1.82) is 0 Å². The van der Waals surface area contributed by atoms with Gasteiger partial charge in [0, 0.05) is 36.5 Å². The molecule has 3 rings (SSSR count). The van der Waals surface area contributed by atoms with Crippen molar-refractivity contribution >= 4 is 82.0 Å². The maximum Gasteiger partial charge on any atom is 0.326 e. The number of fused-ring (bicyclic) bond motifs is 1. The van der Waals surface area contributed by atoms with Gasteiger partial charge in [-0.15, -0.1) is 0 Å². The van der Waals surface area contributed by atoms with E-state index in [2.05, 4.69) is 47.5 Å². The number of nitrogens with zero attached hydrogens (tertiary/aromatic N) is 1. The van der Waals surface area contributed by atoms with Crippen molar-refractivity contribution in [2.24, 2.45) is 29.2 Å². The largest absolute Gasteiger partial charge is 0.481 e. The van der Waals surface area contributed by atoms with Gasteiger partial charge in [-0.3, -0.25) is 52.7 Å². The number of H-pyrrole nitrogens is 1. The molecule has 27 nitrogen and oxygen atoms in total. The molecule has 27 heteroatoms. The molecule has 1 aliphatic heterocycles. The molecule has 2 heterocycles. The van der Waals surface area contributed by atoms with Crippen LogP contribution in [0.15, 0.2) is 30.5 Å². The summed E-state index contributed by atoms with van der Waals surface area (Å²) in [6.07, 6.45) is 1.99. The lowest BCUT2D eigenvalue weighted by atomic mass is 9.97. The summed E-state index contributed by atoms with van der Waals surface area (Å²) in [5, 5.41) is 49.1. The van der Waals surface area contributed by atoms with Crippen LogP contribution in [0.5, 0.6) is 0 Å². The van der Waals surface area contributed by atoms with E-state index in [1.165, 1.54) is 4.90 Å². The van der Waals surface area contributed by atoms with Gasteiger partial charge in [0.25, 0.3) is 0 Å². The molecule has 0 unspecified atom stereocenters. The molecular formula is C52H80N12O15. The highest BCUT2D eigenvalue weighted by molar-refractivity contribution is 5.99.